The molecule has 1 amide bonds. The molecule has 6 heteroatoms. The molecule has 0 atom stereocenters. The number of benzene rings is 2. The zero-order valence-electron chi connectivity index (χ0n) is 14.9. The highest BCUT2D eigenvalue weighted by Crippen LogP contribution is 2.25. The number of halogens is 1. The maximum Gasteiger partial charge on any atom is 0.234 e. The number of anilines is 1. The van der Waals surface area contributed by atoms with Crippen LogP contribution >= 0.6 is 27.7 Å². The van der Waals surface area contributed by atoms with Gasteiger partial charge in [0, 0.05) is 9.37 Å². The van der Waals surface area contributed by atoms with Crippen molar-refractivity contribution in [1.29, 1.82) is 0 Å². The smallest absolute Gasteiger partial charge is 0.234 e. The molecule has 4 nitrogen and oxygen atoms in total. The summed E-state index contributed by atoms with van der Waals surface area (Å²) in [4.78, 5) is 13.4. The van der Waals surface area contributed by atoms with Gasteiger partial charge in [-0.2, -0.15) is 5.10 Å². The van der Waals surface area contributed by atoms with Gasteiger partial charge in [-0.1, -0.05) is 39.7 Å². The summed E-state index contributed by atoms with van der Waals surface area (Å²) < 4.78 is 2.88. The van der Waals surface area contributed by atoms with Crippen molar-refractivity contribution < 1.29 is 4.79 Å². The largest absolute Gasteiger partial charge is 0.322 e. The minimum Gasteiger partial charge on any atom is -0.322 e. The quantitative estimate of drug-likeness (QED) is 0.560. The van der Waals surface area contributed by atoms with Crippen LogP contribution in [0.1, 0.15) is 17.0 Å². The van der Waals surface area contributed by atoms with Crippen LogP contribution in [0.25, 0.3) is 5.69 Å². The Labute approximate surface area is 166 Å². The number of carbonyl (C=O) groups is 1. The molecule has 0 saturated carbocycles. The van der Waals surface area contributed by atoms with Crippen LogP contribution in [0.5, 0.6) is 0 Å². The normalized spacial score (nSPS) is 10.8. The van der Waals surface area contributed by atoms with Gasteiger partial charge in [-0.25, -0.2) is 4.68 Å². The number of nitrogens with zero attached hydrogens (tertiary/aromatic N) is 2. The molecule has 0 aliphatic rings. The molecule has 1 heterocycles. The van der Waals surface area contributed by atoms with Crippen molar-refractivity contribution in [2.45, 2.75) is 25.7 Å². The Morgan fingerprint density at radius 2 is 1.88 bits per heavy atom. The van der Waals surface area contributed by atoms with Crippen LogP contribution in [0.3, 0.4) is 0 Å². The summed E-state index contributed by atoms with van der Waals surface area (Å²) in [5.74, 6) is 0.315. The number of hydrogen-bond donors (Lipinski definition) is 1. The highest BCUT2D eigenvalue weighted by molar-refractivity contribution is 9.10. The Morgan fingerprint density at radius 1 is 1.15 bits per heavy atom. The van der Waals surface area contributed by atoms with Crippen molar-refractivity contribution >= 4 is 39.3 Å². The van der Waals surface area contributed by atoms with Gasteiger partial charge in [-0.15, -0.1) is 11.8 Å². The molecular weight excluding hydrogens is 410 g/mol. The third-order valence-electron chi connectivity index (χ3n) is 4.00. The van der Waals surface area contributed by atoms with Gasteiger partial charge in [0.1, 0.15) is 0 Å². The Hall–Kier alpha value is -2.05. The number of amides is 1. The first-order chi connectivity index (χ1) is 12.4. The summed E-state index contributed by atoms with van der Waals surface area (Å²) in [5, 5.41) is 7.59. The molecule has 3 aromatic rings. The molecule has 134 valence electrons. The summed E-state index contributed by atoms with van der Waals surface area (Å²) in [6.45, 7) is 5.94. The topological polar surface area (TPSA) is 46.9 Å². The predicted octanol–water partition coefficient (Wildman–Crippen LogP) is 5.29. The van der Waals surface area contributed by atoms with Crippen molar-refractivity contribution in [3.05, 3.63) is 70.0 Å². The summed E-state index contributed by atoms with van der Waals surface area (Å²) in [7, 11) is 0. The minimum atomic E-state index is -0.0374. The highest BCUT2D eigenvalue weighted by atomic mass is 79.9. The molecule has 1 N–H and O–H groups in total. The van der Waals surface area contributed by atoms with E-state index in [1.54, 1.807) is 0 Å². The predicted molar refractivity (Wildman–Crippen MR) is 111 cm³/mol. The van der Waals surface area contributed by atoms with Crippen molar-refractivity contribution in [2.24, 2.45) is 0 Å². The van der Waals surface area contributed by atoms with Crippen LogP contribution < -0.4 is 5.32 Å². The lowest BCUT2D eigenvalue weighted by molar-refractivity contribution is -0.113. The van der Waals surface area contributed by atoms with Crippen molar-refractivity contribution in [2.75, 3.05) is 11.1 Å². The number of aromatic nitrogens is 2. The Balaban J connectivity index is 1.71. The average Bonchev–Trinajstić information content (AvgIpc) is 2.89. The van der Waals surface area contributed by atoms with Gasteiger partial charge in [0.2, 0.25) is 5.91 Å². The van der Waals surface area contributed by atoms with Crippen molar-refractivity contribution in [3.8, 4) is 5.69 Å². The zero-order chi connectivity index (χ0) is 18.7. The second-order valence-electron chi connectivity index (χ2n) is 6.09. The van der Waals surface area contributed by atoms with E-state index in [-0.39, 0.29) is 5.91 Å². The molecule has 0 saturated heterocycles. The first-order valence-corrected chi connectivity index (χ1v) is 10.0. The molecule has 0 bridgehead atoms. The molecule has 0 unspecified atom stereocenters. The van der Waals surface area contributed by atoms with E-state index in [2.05, 4.69) is 45.4 Å². The molecule has 0 spiro atoms. The maximum absolute atomic E-state index is 12.4. The highest BCUT2D eigenvalue weighted by Gasteiger charge is 2.15. The van der Waals surface area contributed by atoms with Gasteiger partial charge < -0.3 is 5.32 Å². The fraction of sp³-hybridized carbons (Fsp3) is 0.200. The van der Waals surface area contributed by atoms with E-state index in [9.17, 15) is 4.79 Å². The molecule has 2 aromatic carbocycles. The molecule has 26 heavy (non-hydrogen) atoms. The first kappa shape index (κ1) is 18.7. The molecule has 0 radical (unpaired) electrons. The lowest BCUT2D eigenvalue weighted by Crippen LogP contribution is -2.15. The third-order valence-corrected chi connectivity index (χ3v) is 5.49. The first-order valence-electron chi connectivity index (χ1n) is 8.25. The molecular formula is C20H20BrN3OS. The van der Waals surface area contributed by atoms with Gasteiger partial charge in [-0.05, 0) is 51.1 Å². The second-order valence-corrected chi connectivity index (χ2v) is 8.05. The van der Waals surface area contributed by atoms with E-state index in [4.69, 9.17) is 0 Å². The number of rotatable bonds is 5. The number of nitrogens with one attached hydrogen (secondary N) is 1. The van der Waals surface area contributed by atoms with Crippen LogP contribution in [-0.4, -0.2) is 21.4 Å². The monoisotopic (exact) mass is 429 g/mol. The van der Waals surface area contributed by atoms with E-state index in [1.165, 1.54) is 17.3 Å². The Kier molecular flexibility index (Phi) is 5.84. The number of carbonyl (C=O) groups excluding carboxylic acids is 1. The zero-order valence-corrected chi connectivity index (χ0v) is 17.3. The molecule has 0 aliphatic carbocycles. The van der Waals surface area contributed by atoms with Gasteiger partial charge >= 0.3 is 0 Å². The second kappa shape index (κ2) is 8.10. The van der Waals surface area contributed by atoms with Gasteiger partial charge in [0.25, 0.3) is 0 Å². The maximum atomic E-state index is 12.4. The number of thioether (sulfide) groups is 1. The molecule has 3 rings (SSSR count). The van der Waals surface area contributed by atoms with Crippen molar-refractivity contribution in [1.82, 2.24) is 9.78 Å². The van der Waals surface area contributed by atoms with Gasteiger partial charge in [0.15, 0.2) is 0 Å². The third kappa shape index (κ3) is 4.37. The number of hydrogen-bond acceptors (Lipinski definition) is 3. The number of aryl methyl sites for hydroxylation is 2. The van der Waals surface area contributed by atoms with Crippen LogP contribution in [0, 0.1) is 20.8 Å². The van der Waals surface area contributed by atoms with E-state index in [1.807, 2.05) is 54.9 Å². The minimum absolute atomic E-state index is 0.0374. The fourth-order valence-electron chi connectivity index (χ4n) is 2.64. The van der Waals surface area contributed by atoms with Gasteiger partial charge in [-0.3, -0.25) is 4.79 Å². The standard InChI is InChI=1S/C20H20BrN3OS/c1-13-7-9-17(10-8-13)24-15(3)20(14(2)23-24)22-19(25)12-26-18-6-4-5-16(21)11-18/h4-11H,12H2,1-3H3,(H,22,25). The van der Waals surface area contributed by atoms with Crippen LogP contribution in [0.4, 0.5) is 5.69 Å². The van der Waals surface area contributed by atoms with Crippen LogP contribution in [0.15, 0.2) is 57.9 Å². The SMILES string of the molecule is Cc1ccc(-n2nc(C)c(NC(=O)CSc3cccc(Br)c3)c2C)cc1. The lowest BCUT2D eigenvalue weighted by Gasteiger charge is -2.08. The fourth-order valence-corrected chi connectivity index (χ4v) is 3.95. The van der Waals surface area contributed by atoms with Crippen LogP contribution in [-0.2, 0) is 4.79 Å². The van der Waals surface area contributed by atoms with E-state index >= 15 is 0 Å². The lowest BCUT2D eigenvalue weighted by atomic mass is 10.2. The van der Waals surface area contributed by atoms with Gasteiger partial charge in [0.05, 0.1) is 28.5 Å². The summed E-state index contributed by atoms with van der Waals surface area (Å²) in [6.07, 6.45) is 0. The molecule has 0 fully saturated rings. The summed E-state index contributed by atoms with van der Waals surface area (Å²) in [5.41, 5.74) is 4.70. The Bertz CT molecular complexity index is 935. The average molecular weight is 430 g/mol. The van der Waals surface area contributed by atoms with E-state index < -0.39 is 0 Å². The Morgan fingerprint density at radius 3 is 2.58 bits per heavy atom. The van der Waals surface area contributed by atoms with E-state index in [0.29, 0.717) is 5.75 Å². The van der Waals surface area contributed by atoms with Crippen molar-refractivity contribution in [3.63, 3.8) is 0 Å². The van der Waals surface area contributed by atoms with E-state index in [0.717, 1.165) is 32.1 Å². The summed E-state index contributed by atoms with van der Waals surface area (Å²) in [6, 6.07) is 16.1. The van der Waals surface area contributed by atoms with Crippen LogP contribution in [0.2, 0.25) is 0 Å². The molecule has 0 aliphatic heterocycles. The summed E-state index contributed by atoms with van der Waals surface area (Å²) >= 11 is 4.96. The molecule has 1 aromatic heterocycles.